The second-order valence-electron chi connectivity index (χ2n) is 6.64. The summed E-state index contributed by atoms with van der Waals surface area (Å²) in [5.74, 6) is 1.05. The first-order valence-electron chi connectivity index (χ1n) is 8.47. The minimum absolute atomic E-state index is 0.00538. The maximum Gasteiger partial charge on any atom is 0.234 e. The van der Waals surface area contributed by atoms with E-state index >= 15 is 0 Å². The lowest BCUT2D eigenvalue weighted by atomic mass is 9.98. The van der Waals surface area contributed by atoms with Gasteiger partial charge in [0.25, 0.3) is 0 Å². The van der Waals surface area contributed by atoms with Gasteiger partial charge in [0.2, 0.25) is 5.91 Å². The number of carbonyl (C=O) groups is 1. The molecule has 0 radical (unpaired) electrons. The van der Waals surface area contributed by atoms with Crippen LogP contribution in [0, 0.1) is 12.8 Å². The van der Waals surface area contributed by atoms with Crippen molar-refractivity contribution in [3.63, 3.8) is 0 Å². The number of amides is 1. The van der Waals surface area contributed by atoms with Crippen LogP contribution in [0.1, 0.15) is 17.0 Å². The van der Waals surface area contributed by atoms with E-state index in [-0.39, 0.29) is 17.9 Å². The molecule has 1 saturated heterocycles. The van der Waals surface area contributed by atoms with Gasteiger partial charge in [-0.3, -0.25) is 14.7 Å². The third-order valence-corrected chi connectivity index (χ3v) is 4.30. The topological polar surface area (TPSA) is 80.5 Å². The number of hydrogen-bond acceptors (Lipinski definition) is 6. The first-order chi connectivity index (χ1) is 12.1. The van der Waals surface area contributed by atoms with Gasteiger partial charge in [0.1, 0.15) is 5.76 Å². The van der Waals surface area contributed by atoms with Crippen LogP contribution >= 0.6 is 0 Å². The van der Waals surface area contributed by atoms with Crippen molar-refractivity contribution < 1.29 is 14.1 Å². The number of hydrogen-bond donors (Lipinski definition) is 1. The summed E-state index contributed by atoms with van der Waals surface area (Å²) in [4.78, 5) is 18.3. The smallest absolute Gasteiger partial charge is 0.234 e. The second-order valence-corrected chi connectivity index (χ2v) is 6.64. The quantitative estimate of drug-likeness (QED) is 0.812. The van der Waals surface area contributed by atoms with E-state index in [1.807, 2.05) is 37.1 Å². The van der Waals surface area contributed by atoms with E-state index < -0.39 is 0 Å². The van der Waals surface area contributed by atoms with Crippen LogP contribution in [0.4, 0.5) is 0 Å². The Labute approximate surface area is 147 Å². The number of aryl methyl sites for hydroxylation is 1. The van der Waals surface area contributed by atoms with Crippen LogP contribution in [-0.2, 0) is 22.5 Å². The zero-order valence-corrected chi connectivity index (χ0v) is 14.6. The molecule has 7 heteroatoms. The molecule has 1 aliphatic heterocycles. The van der Waals surface area contributed by atoms with E-state index in [2.05, 4.69) is 15.5 Å². The normalized spacial score (nSPS) is 20.1. The second kappa shape index (κ2) is 8.22. The maximum atomic E-state index is 12.3. The van der Waals surface area contributed by atoms with Gasteiger partial charge in [-0.2, -0.15) is 0 Å². The van der Waals surface area contributed by atoms with Crippen molar-refractivity contribution in [3.8, 4) is 0 Å². The van der Waals surface area contributed by atoms with Crippen molar-refractivity contribution in [1.82, 2.24) is 20.4 Å². The van der Waals surface area contributed by atoms with Crippen molar-refractivity contribution in [1.29, 1.82) is 0 Å². The van der Waals surface area contributed by atoms with Gasteiger partial charge in [-0.15, -0.1) is 0 Å². The Morgan fingerprint density at radius 1 is 1.36 bits per heavy atom. The number of pyridine rings is 1. The molecule has 1 aliphatic rings. The lowest BCUT2D eigenvalue weighted by molar-refractivity contribution is -0.123. The lowest BCUT2D eigenvalue weighted by Crippen LogP contribution is -2.44. The number of carbonyl (C=O) groups excluding carboxylic acids is 1. The zero-order valence-electron chi connectivity index (χ0n) is 14.6. The van der Waals surface area contributed by atoms with Gasteiger partial charge in [0.15, 0.2) is 0 Å². The number of likely N-dealkylation sites (N-methyl/N-ethyl adjacent to an activating group) is 1. The molecule has 0 unspecified atom stereocenters. The summed E-state index contributed by atoms with van der Waals surface area (Å²) in [6, 6.07) is 5.84. The molecule has 0 aromatic carbocycles. The van der Waals surface area contributed by atoms with Crippen LogP contribution < -0.4 is 5.32 Å². The van der Waals surface area contributed by atoms with E-state index in [9.17, 15) is 4.79 Å². The van der Waals surface area contributed by atoms with Crippen LogP contribution in [0.5, 0.6) is 0 Å². The first-order valence-corrected chi connectivity index (χ1v) is 8.47. The molecule has 7 nitrogen and oxygen atoms in total. The largest absolute Gasteiger partial charge is 0.379 e. The number of nitrogens with one attached hydrogen (secondary N) is 1. The Hall–Kier alpha value is -2.25. The van der Waals surface area contributed by atoms with E-state index in [1.165, 1.54) is 0 Å². The van der Waals surface area contributed by atoms with Gasteiger partial charge < -0.3 is 14.6 Å². The van der Waals surface area contributed by atoms with Gasteiger partial charge in [0, 0.05) is 37.3 Å². The van der Waals surface area contributed by atoms with Crippen molar-refractivity contribution >= 4 is 5.91 Å². The molecule has 134 valence electrons. The molecule has 3 rings (SSSR count). The van der Waals surface area contributed by atoms with Crippen LogP contribution in [-0.4, -0.2) is 53.8 Å². The number of nitrogens with zero attached hydrogens (tertiary/aromatic N) is 3. The molecule has 3 heterocycles. The number of ether oxygens (including phenoxy) is 1. The van der Waals surface area contributed by atoms with Crippen LogP contribution in [0.15, 0.2) is 35.1 Å². The molecule has 0 spiro atoms. The van der Waals surface area contributed by atoms with Crippen molar-refractivity contribution in [2.24, 2.45) is 5.92 Å². The minimum Gasteiger partial charge on any atom is -0.379 e. The highest BCUT2D eigenvalue weighted by Gasteiger charge is 2.30. The highest BCUT2D eigenvalue weighted by molar-refractivity contribution is 5.78. The minimum atomic E-state index is 0.00538. The molecule has 1 N–H and O–H groups in total. The molecule has 1 amide bonds. The highest BCUT2D eigenvalue weighted by Crippen LogP contribution is 2.19. The SMILES string of the molecule is Cc1cc(C[C@@H]2COC[C@@H]2NC(=O)CN(C)Cc2ccncc2)on1. The lowest BCUT2D eigenvalue weighted by Gasteiger charge is -2.21. The molecular weight excluding hydrogens is 320 g/mol. The number of aromatic nitrogens is 2. The van der Waals surface area contributed by atoms with E-state index in [0.717, 1.165) is 23.4 Å². The molecule has 2 atom stereocenters. The van der Waals surface area contributed by atoms with Crippen LogP contribution in [0.2, 0.25) is 0 Å². The Balaban J connectivity index is 1.47. The Morgan fingerprint density at radius 3 is 2.88 bits per heavy atom. The monoisotopic (exact) mass is 344 g/mol. The van der Waals surface area contributed by atoms with Gasteiger partial charge in [-0.25, -0.2) is 0 Å². The summed E-state index contributed by atoms with van der Waals surface area (Å²) in [6.07, 6.45) is 4.24. The molecule has 0 saturated carbocycles. The molecule has 2 aromatic rings. The van der Waals surface area contributed by atoms with Crippen molar-refractivity contribution in [3.05, 3.63) is 47.6 Å². The van der Waals surface area contributed by atoms with Crippen molar-refractivity contribution in [2.75, 3.05) is 26.8 Å². The fourth-order valence-electron chi connectivity index (χ4n) is 3.08. The van der Waals surface area contributed by atoms with Crippen LogP contribution in [0.3, 0.4) is 0 Å². The maximum absolute atomic E-state index is 12.3. The molecule has 0 aliphatic carbocycles. The predicted molar refractivity (Wildman–Crippen MR) is 91.8 cm³/mol. The average molecular weight is 344 g/mol. The summed E-state index contributed by atoms with van der Waals surface area (Å²) in [7, 11) is 1.93. The zero-order chi connectivity index (χ0) is 17.6. The van der Waals surface area contributed by atoms with E-state index in [4.69, 9.17) is 9.26 Å². The molecule has 25 heavy (non-hydrogen) atoms. The Morgan fingerprint density at radius 2 is 2.16 bits per heavy atom. The summed E-state index contributed by atoms with van der Waals surface area (Å²) in [5, 5.41) is 7.00. The summed E-state index contributed by atoms with van der Waals surface area (Å²) in [6.45, 7) is 4.11. The summed E-state index contributed by atoms with van der Waals surface area (Å²) < 4.78 is 10.8. The Bertz CT molecular complexity index is 689. The average Bonchev–Trinajstić information content (AvgIpc) is 3.18. The van der Waals surface area contributed by atoms with Gasteiger partial charge >= 0.3 is 0 Å². The van der Waals surface area contributed by atoms with Gasteiger partial charge in [0.05, 0.1) is 31.5 Å². The fourth-order valence-corrected chi connectivity index (χ4v) is 3.08. The van der Waals surface area contributed by atoms with Gasteiger partial charge in [-0.1, -0.05) is 5.16 Å². The third-order valence-electron chi connectivity index (χ3n) is 4.30. The van der Waals surface area contributed by atoms with Crippen LogP contribution in [0.25, 0.3) is 0 Å². The molecule has 0 bridgehead atoms. The fraction of sp³-hybridized carbons (Fsp3) is 0.500. The standard InChI is InChI=1S/C18H24N4O3/c1-13-7-16(25-21-13)8-15-11-24-12-17(15)20-18(23)10-22(2)9-14-3-5-19-6-4-14/h3-7,15,17H,8-12H2,1-2H3,(H,20,23)/t15-,17+/m1/s1. The van der Waals surface area contributed by atoms with Crippen molar-refractivity contribution in [2.45, 2.75) is 25.9 Å². The summed E-state index contributed by atoms with van der Waals surface area (Å²) in [5.41, 5.74) is 2.00. The Kier molecular flexibility index (Phi) is 5.78. The van der Waals surface area contributed by atoms with E-state index in [0.29, 0.717) is 26.3 Å². The highest BCUT2D eigenvalue weighted by atomic mass is 16.5. The predicted octanol–water partition coefficient (Wildman–Crippen LogP) is 1.18. The third kappa shape index (κ3) is 5.11. The molecular formula is C18H24N4O3. The molecule has 2 aromatic heterocycles. The summed E-state index contributed by atoms with van der Waals surface area (Å²) >= 11 is 0. The number of rotatable bonds is 7. The molecule has 1 fully saturated rings. The van der Waals surface area contributed by atoms with E-state index in [1.54, 1.807) is 12.4 Å². The van der Waals surface area contributed by atoms with Gasteiger partial charge in [-0.05, 0) is 31.7 Å². The first kappa shape index (κ1) is 17.6.